The highest BCUT2D eigenvalue weighted by atomic mass is 16.5. The van der Waals surface area contributed by atoms with Crippen molar-refractivity contribution in [2.24, 2.45) is 11.7 Å². The Kier molecular flexibility index (Phi) is 6.02. The van der Waals surface area contributed by atoms with Gasteiger partial charge < -0.3 is 20.7 Å². The van der Waals surface area contributed by atoms with Gasteiger partial charge in [0.2, 0.25) is 5.91 Å². The van der Waals surface area contributed by atoms with Gasteiger partial charge in [-0.3, -0.25) is 4.79 Å². The summed E-state index contributed by atoms with van der Waals surface area (Å²) in [4.78, 5) is 14.6. The molecule has 1 saturated heterocycles. The van der Waals surface area contributed by atoms with E-state index >= 15 is 0 Å². The summed E-state index contributed by atoms with van der Waals surface area (Å²) in [6.45, 7) is 2.18. The smallest absolute Gasteiger partial charge is 0.237 e. The summed E-state index contributed by atoms with van der Waals surface area (Å²) in [5.74, 6) is 0.272. The van der Waals surface area contributed by atoms with Gasteiger partial charge in [0.15, 0.2) is 0 Å². The van der Waals surface area contributed by atoms with E-state index in [1.165, 1.54) is 19.3 Å². The molecule has 21 heavy (non-hydrogen) atoms. The molecule has 1 saturated carbocycles. The van der Waals surface area contributed by atoms with E-state index in [1.807, 2.05) is 0 Å². The number of amides is 1. The number of carbonyl (C=O) groups excluding carboxylic acids is 1. The molecular weight excluding hydrogens is 266 g/mol. The quantitative estimate of drug-likeness (QED) is 0.798. The van der Waals surface area contributed by atoms with Gasteiger partial charge in [0.05, 0.1) is 6.04 Å². The van der Waals surface area contributed by atoms with E-state index in [0.717, 1.165) is 45.4 Å². The number of carbonyl (C=O) groups is 1. The van der Waals surface area contributed by atoms with Crippen LogP contribution in [-0.2, 0) is 9.53 Å². The van der Waals surface area contributed by atoms with Crippen LogP contribution < -0.4 is 11.1 Å². The fourth-order valence-corrected chi connectivity index (χ4v) is 3.65. The van der Waals surface area contributed by atoms with Crippen LogP contribution in [-0.4, -0.2) is 56.2 Å². The Bertz CT molecular complexity index is 334. The summed E-state index contributed by atoms with van der Waals surface area (Å²) >= 11 is 0. The summed E-state index contributed by atoms with van der Waals surface area (Å²) in [7, 11) is 4.24. The van der Waals surface area contributed by atoms with Crippen molar-refractivity contribution >= 4 is 5.91 Å². The second-order valence-electron chi connectivity index (χ2n) is 6.87. The van der Waals surface area contributed by atoms with Crippen LogP contribution in [0.4, 0.5) is 0 Å². The molecule has 2 rings (SSSR count). The Morgan fingerprint density at radius 1 is 1.29 bits per heavy atom. The van der Waals surface area contributed by atoms with Gasteiger partial charge in [0, 0.05) is 25.3 Å². The van der Waals surface area contributed by atoms with Gasteiger partial charge >= 0.3 is 0 Å². The van der Waals surface area contributed by atoms with Crippen molar-refractivity contribution in [2.75, 3.05) is 33.9 Å². The molecule has 5 heteroatoms. The summed E-state index contributed by atoms with van der Waals surface area (Å²) in [5.41, 5.74) is 6.26. The van der Waals surface area contributed by atoms with Gasteiger partial charge in [0.1, 0.15) is 0 Å². The first kappa shape index (κ1) is 16.7. The minimum atomic E-state index is -0.392. The van der Waals surface area contributed by atoms with E-state index in [1.54, 1.807) is 0 Å². The predicted molar refractivity (Wildman–Crippen MR) is 84.0 cm³/mol. The minimum absolute atomic E-state index is 0.00805. The Hall–Kier alpha value is -0.650. The maximum Gasteiger partial charge on any atom is 0.237 e. The number of hydrogen-bond acceptors (Lipinski definition) is 4. The van der Waals surface area contributed by atoms with E-state index in [4.69, 9.17) is 10.5 Å². The lowest BCUT2D eigenvalue weighted by Crippen LogP contribution is -2.56. The standard InChI is InChI=1S/C16H31N3O2/c1-19(2)16(8-4-3-5-9-16)12-18-15(20)14(17)13-6-10-21-11-7-13/h13-14H,3-12,17H2,1-2H3,(H,18,20). The second kappa shape index (κ2) is 7.56. The molecule has 0 bridgehead atoms. The normalized spacial score (nSPS) is 24.8. The van der Waals surface area contributed by atoms with E-state index < -0.39 is 6.04 Å². The summed E-state index contributed by atoms with van der Waals surface area (Å²) in [5, 5.41) is 3.13. The van der Waals surface area contributed by atoms with Crippen LogP contribution in [0.25, 0.3) is 0 Å². The van der Waals surface area contributed by atoms with Crippen LogP contribution in [0.1, 0.15) is 44.9 Å². The molecule has 0 aromatic carbocycles. The molecule has 1 atom stereocenters. The molecular formula is C16H31N3O2. The van der Waals surface area contributed by atoms with Crippen molar-refractivity contribution < 1.29 is 9.53 Å². The zero-order valence-electron chi connectivity index (χ0n) is 13.6. The summed E-state index contributed by atoms with van der Waals surface area (Å²) in [6.07, 6.45) is 7.92. The lowest BCUT2D eigenvalue weighted by molar-refractivity contribution is -0.125. The first-order chi connectivity index (χ1) is 10.1. The van der Waals surface area contributed by atoms with E-state index in [2.05, 4.69) is 24.3 Å². The number of rotatable bonds is 5. The van der Waals surface area contributed by atoms with Crippen molar-refractivity contribution in [3.63, 3.8) is 0 Å². The Morgan fingerprint density at radius 3 is 2.48 bits per heavy atom. The Morgan fingerprint density at radius 2 is 1.90 bits per heavy atom. The molecule has 0 spiro atoms. The molecule has 0 radical (unpaired) electrons. The number of nitrogens with two attached hydrogens (primary N) is 1. The number of nitrogens with zero attached hydrogens (tertiary/aromatic N) is 1. The van der Waals surface area contributed by atoms with E-state index in [0.29, 0.717) is 0 Å². The van der Waals surface area contributed by atoms with E-state index in [-0.39, 0.29) is 17.4 Å². The number of hydrogen-bond donors (Lipinski definition) is 2. The second-order valence-corrected chi connectivity index (χ2v) is 6.87. The molecule has 1 heterocycles. The highest BCUT2D eigenvalue weighted by molar-refractivity contribution is 5.81. The van der Waals surface area contributed by atoms with Crippen LogP contribution >= 0.6 is 0 Å². The van der Waals surface area contributed by atoms with Crippen molar-refractivity contribution in [1.29, 1.82) is 0 Å². The number of nitrogens with one attached hydrogen (secondary N) is 1. The highest BCUT2D eigenvalue weighted by Gasteiger charge is 2.35. The van der Waals surface area contributed by atoms with Crippen molar-refractivity contribution in [3.05, 3.63) is 0 Å². The summed E-state index contributed by atoms with van der Waals surface area (Å²) in [6, 6.07) is -0.392. The third-order valence-corrected chi connectivity index (χ3v) is 5.40. The van der Waals surface area contributed by atoms with Crippen LogP contribution in [0.5, 0.6) is 0 Å². The molecule has 1 aliphatic heterocycles. The number of ether oxygens (including phenoxy) is 1. The Balaban J connectivity index is 1.86. The zero-order chi connectivity index (χ0) is 15.3. The molecule has 2 aliphatic rings. The average molecular weight is 297 g/mol. The van der Waals surface area contributed by atoms with Gasteiger partial charge in [-0.05, 0) is 45.7 Å². The van der Waals surface area contributed by atoms with Crippen molar-refractivity contribution in [2.45, 2.75) is 56.5 Å². The van der Waals surface area contributed by atoms with E-state index in [9.17, 15) is 4.79 Å². The first-order valence-corrected chi connectivity index (χ1v) is 8.34. The average Bonchev–Trinajstić information content (AvgIpc) is 2.53. The minimum Gasteiger partial charge on any atom is -0.381 e. The highest BCUT2D eigenvalue weighted by Crippen LogP contribution is 2.31. The van der Waals surface area contributed by atoms with Crippen molar-refractivity contribution in [3.8, 4) is 0 Å². The first-order valence-electron chi connectivity index (χ1n) is 8.34. The van der Waals surface area contributed by atoms with Crippen LogP contribution in [0.2, 0.25) is 0 Å². The third kappa shape index (κ3) is 4.18. The fourth-order valence-electron chi connectivity index (χ4n) is 3.65. The lowest BCUT2D eigenvalue weighted by Gasteiger charge is -2.43. The van der Waals surface area contributed by atoms with Gasteiger partial charge in [-0.25, -0.2) is 0 Å². The maximum atomic E-state index is 12.4. The van der Waals surface area contributed by atoms with Crippen molar-refractivity contribution in [1.82, 2.24) is 10.2 Å². The van der Waals surface area contributed by atoms with Crippen LogP contribution in [0, 0.1) is 5.92 Å². The van der Waals surface area contributed by atoms with Crippen LogP contribution in [0.3, 0.4) is 0 Å². The Labute approximate surface area is 128 Å². The topological polar surface area (TPSA) is 67.6 Å². The molecule has 2 fully saturated rings. The van der Waals surface area contributed by atoms with Gasteiger partial charge in [-0.15, -0.1) is 0 Å². The largest absolute Gasteiger partial charge is 0.381 e. The molecule has 1 unspecified atom stereocenters. The summed E-state index contributed by atoms with van der Waals surface area (Å²) < 4.78 is 5.34. The maximum absolute atomic E-state index is 12.4. The molecule has 5 nitrogen and oxygen atoms in total. The monoisotopic (exact) mass is 297 g/mol. The number of likely N-dealkylation sites (N-methyl/N-ethyl adjacent to an activating group) is 1. The van der Waals surface area contributed by atoms with Gasteiger partial charge in [-0.1, -0.05) is 19.3 Å². The van der Waals surface area contributed by atoms with Crippen LogP contribution in [0.15, 0.2) is 0 Å². The predicted octanol–water partition coefficient (Wildman–Crippen LogP) is 1.12. The third-order valence-electron chi connectivity index (χ3n) is 5.40. The van der Waals surface area contributed by atoms with Gasteiger partial charge in [-0.2, -0.15) is 0 Å². The molecule has 3 N–H and O–H groups in total. The molecule has 122 valence electrons. The zero-order valence-corrected chi connectivity index (χ0v) is 13.6. The fraction of sp³-hybridized carbons (Fsp3) is 0.938. The molecule has 0 aromatic heterocycles. The lowest BCUT2D eigenvalue weighted by atomic mass is 9.80. The van der Waals surface area contributed by atoms with Gasteiger partial charge in [0.25, 0.3) is 0 Å². The SMILES string of the molecule is CN(C)C1(CNC(=O)C(N)C2CCOCC2)CCCCC1. The molecule has 0 aromatic rings. The molecule has 1 amide bonds. The molecule has 1 aliphatic carbocycles.